The lowest BCUT2D eigenvalue weighted by Gasteiger charge is -2.09. The lowest BCUT2D eigenvalue weighted by Crippen LogP contribution is -2.05. The summed E-state index contributed by atoms with van der Waals surface area (Å²) in [5.74, 6) is 0. The van der Waals surface area contributed by atoms with E-state index in [0.29, 0.717) is 6.54 Å². The van der Waals surface area contributed by atoms with Crippen LogP contribution in [0.1, 0.15) is 16.0 Å². The zero-order valence-corrected chi connectivity index (χ0v) is 13.4. The van der Waals surface area contributed by atoms with Gasteiger partial charge in [0.25, 0.3) is 0 Å². The van der Waals surface area contributed by atoms with Crippen molar-refractivity contribution in [3.05, 3.63) is 57.0 Å². The van der Waals surface area contributed by atoms with Crippen LogP contribution >= 0.6 is 27.3 Å². The van der Waals surface area contributed by atoms with Gasteiger partial charge in [-0.1, -0.05) is 12.1 Å². The Morgan fingerprint density at radius 1 is 1.14 bits per heavy atom. The Hall–Kier alpha value is -1.27. The van der Waals surface area contributed by atoms with Gasteiger partial charge in [-0.25, -0.2) is 0 Å². The summed E-state index contributed by atoms with van der Waals surface area (Å²) in [4.78, 5) is 1.20. The van der Waals surface area contributed by atoms with E-state index in [4.69, 9.17) is 0 Å². The van der Waals surface area contributed by atoms with Gasteiger partial charge in [0.05, 0.1) is 20.3 Å². The molecule has 0 aliphatic carbocycles. The van der Waals surface area contributed by atoms with Crippen LogP contribution in [-0.2, 0) is 12.7 Å². The third-order valence-corrected chi connectivity index (χ3v) is 5.63. The topological polar surface area (TPSA) is 4.93 Å². The Labute approximate surface area is 132 Å². The van der Waals surface area contributed by atoms with E-state index in [1.807, 2.05) is 23.8 Å². The molecular formula is C15H11BrF3NS. The molecule has 0 atom stereocenters. The molecule has 2 heterocycles. The van der Waals surface area contributed by atoms with E-state index < -0.39 is 11.7 Å². The Balaban J connectivity index is 1.92. The molecule has 0 saturated heterocycles. The molecule has 0 N–H and O–H groups in total. The average molecular weight is 374 g/mol. The molecule has 2 aromatic heterocycles. The summed E-state index contributed by atoms with van der Waals surface area (Å²) >= 11 is 5.27. The molecule has 0 saturated carbocycles. The fraction of sp³-hybridized carbons (Fsp3) is 0.200. The van der Waals surface area contributed by atoms with Crippen LogP contribution in [0.15, 0.2) is 41.0 Å². The molecule has 0 radical (unpaired) electrons. The Morgan fingerprint density at radius 2 is 1.81 bits per heavy atom. The predicted octanol–water partition coefficient (Wildman–Crippen LogP) is 5.84. The van der Waals surface area contributed by atoms with E-state index in [1.165, 1.54) is 21.7 Å². The zero-order valence-electron chi connectivity index (χ0n) is 11.0. The summed E-state index contributed by atoms with van der Waals surface area (Å²) in [7, 11) is 0. The van der Waals surface area contributed by atoms with Crippen LogP contribution in [0.2, 0.25) is 0 Å². The smallest absolute Gasteiger partial charge is 0.341 e. The van der Waals surface area contributed by atoms with Crippen LogP contribution in [-0.4, -0.2) is 4.57 Å². The van der Waals surface area contributed by atoms with Crippen LogP contribution < -0.4 is 0 Å². The summed E-state index contributed by atoms with van der Waals surface area (Å²) in [5, 5.41) is 0. The van der Waals surface area contributed by atoms with Gasteiger partial charge >= 0.3 is 6.18 Å². The van der Waals surface area contributed by atoms with Gasteiger partial charge in [-0.05, 0) is 46.6 Å². The maximum absolute atomic E-state index is 12.6. The van der Waals surface area contributed by atoms with Crippen LogP contribution in [0.3, 0.4) is 0 Å². The van der Waals surface area contributed by atoms with Gasteiger partial charge in [-0.3, -0.25) is 0 Å². The number of hydrogen-bond acceptors (Lipinski definition) is 1. The number of aryl methyl sites for hydroxylation is 1. The van der Waals surface area contributed by atoms with E-state index >= 15 is 0 Å². The van der Waals surface area contributed by atoms with E-state index in [1.54, 1.807) is 11.3 Å². The van der Waals surface area contributed by atoms with E-state index in [2.05, 4.69) is 15.9 Å². The first kappa shape index (κ1) is 14.7. The Kier molecular flexibility index (Phi) is 3.61. The zero-order chi connectivity index (χ0) is 15.2. The molecule has 0 amide bonds. The molecular weight excluding hydrogens is 363 g/mol. The van der Waals surface area contributed by atoms with Crippen LogP contribution in [0.4, 0.5) is 13.2 Å². The number of fused-ring (bicyclic) bond motifs is 1. The normalized spacial score (nSPS) is 12.2. The summed E-state index contributed by atoms with van der Waals surface area (Å²) in [5.41, 5.74) is 1.32. The highest BCUT2D eigenvalue weighted by atomic mass is 79.9. The van der Waals surface area contributed by atoms with Crippen molar-refractivity contribution >= 4 is 37.5 Å². The van der Waals surface area contributed by atoms with Gasteiger partial charge in [0, 0.05) is 17.6 Å². The summed E-state index contributed by atoms with van der Waals surface area (Å²) in [6.45, 7) is 2.59. The minimum Gasteiger partial charge on any atom is -0.341 e. The molecule has 0 aliphatic heterocycles. The molecule has 0 unspecified atom stereocenters. The largest absolute Gasteiger partial charge is 0.416 e. The maximum atomic E-state index is 12.6. The Bertz CT molecular complexity index is 784. The standard InChI is InChI=1S/C15H11BrF3NS/c1-9-13(16)14-12(21-9)6-7-20(14)8-10-2-4-11(5-3-10)15(17,18)19/h2-7H,8H2,1H3. The second-order valence-corrected chi connectivity index (χ2v) is 6.87. The van der Waals surface area contributed by atoms with Gasteiger partial charge in [0.15, 0.2) is 0 Å². The molecule has 21 heavy (non-hydrogen) atoms. The third-order valence-electron chi connectivity index (χ3n) is 3.34. The highest BCUT2D eigenvalue weighted by Crippen LogP contribution is 2.36. The van der Waals surface area contributed by atoms with E-state index in [-0.39, 0.29) is 0 Å². The number of aromatic nitrogens is 1. The summed E-state index contributed by atoms with van der Waals surface area (Å²) in [6.07, 6.45) is -2.32. The first-order valence-corrected chi connectivity index (χ1v) is 7.87. The molecule has 1 aromatic carbocycles. The molecule has 0 aliphatic rings. The lowest BCUT2D eigenvalue weighted by molar-refractivity contribution is -0.137. The van der Waals surface area contributed by atoms with Crippen LogP contribution in [0, 0.1) is 6.92 Å². The monoisotopic (exact) mass is 373 g/mol. The number of nitrogens with zero attached hydrogens (tertiary/aromatic N) is 1. The third kappa shape index (κ3) is 2.74. The van der Waals surface area contributed by atoms with Crippen molar-refractivity contribution in [1.82, 2.24) is 4.57 Å². The number of rotatable bonds is 2. The van der Waals surface area contributed by atoms with Crippen LogP contribution in [0.5, 0.6) is 0 Å². The van der Waals surface area contributed by atoms with Crippen molar-refractivity contribution in [3.63, 3.8) is 0 Å². The quantitative estimate of drug-likeness (QED) is 0.531. The molecule has 0 bridgehead atoms. The molecule has 3 aromatic rings. The first-order valence-electron chi connectivity index (χ1n) is 6.26. The van der Waals surface area contributed by atoms with E-state index in [9.17, 15) is 13.2 Å². The van der Waals surface area contributed by atoms with Crippen molar-refractivity contribution in [3.8, 4) is 0 Å². The summed E-state index contributed by atoms with van der Waals surface area (Å²) in [6, 6.07) is 7.35. The van der Waals surface area contributed by atoms with Crippen molar-refractivity contribution in [2.75, 3.05) is 0 Å². The first-order chi connectivity index (χ1) is 9.86. The van der Waals surface area contributed by atoms with Gasteiger partial charge < -0.3 is 4.57 Å². The van der Waals surface area contributed by atoms with Crippen molar-refractivity contribution in [1.29, 1.82) is 0 Å². The minimum atomic E-state index is -4.28. The molecule has 0 spiro atoms. The highest BCUT2D eigenvalue weighted by molar-refractivity contribution is 9.10. The fourth-order valence-electron chi connectivity index (χ4n) is 2.27. The number of benzene rings is 1. The second-order valence-electron chi connectivity index (χ2n) is 4.82. The minimum absolute atomic E-state index is 0.552. The molecule has 6 heteroatoms. The number of thiophene rings is 1. The van der Waals surface area contributed by atoms with Gasteiger partial charge in [-0.15, -0.1) is 11.3 Å². The highest BCUT2D eigenvalue weighted by Gasteiger charge is 2.29. The average Bonchev–Trinajstić information content (AvgIpc) is 2.92. The molecule has 1 nitrogen and oxygen atoms in total. The number of halogens is 4. The van der Waals surface area contributed by atoms with Gasteiger partial charge in [0.1, 0.15) is 0 Å². The summed E-state index contributed by atoms with van der Waals surface area (Å²) < 4.78 is 41.9. The van der Waals surface area contributed by atoms with E-state index in [0.717, 1.165) is 27.7 Å². The predicted molar refractivity (Wildman–Crippen MR) is 82.8 cm³/mol. The van der Waals surface area contributed by atoms with Gasteiger partial charge in [0.2, 0.25) is 0 Å². The van der Waals surface area contributed by atoms with Crippen molar-refractivity contribution < 1.29 is 13.2 Å². The molecule has 0 fully saturated rings. The molecule has 110 valence electrons. The van der Waals surface area contributed by atoms with Crippen molar-refractivity contribution in [2.45, 2.75) is 19.6 Å². The molecule has 3 rings (SSSR count). The maximum Gasteiger partial charge on any atom is 0.416 e. The second kappa shape index (κ2) is 5.18. The SMILES string of the molecule is Cc1sc2ccn(Cc3ccc(C(F)(F)F)cc3)c2c1Br. The fourth-order valence-corrected chi connectivity index (χ4v) is 4.05. The van der Waals surface area contributed by atoms with Crippen molar-refractivity contribution in [2.24, 2.45) is 0 Å². The number of alkyl halides is 3. The van der Waals surface area contributed by atoms with Gasteiger partial charge in [-0.2, -0.15) is 13.2 Å². The number of hydrogen-bond donors (Lipinski definition) is 0. The van der Waals surface area contributed by atoms with Crippen LogP contribution in [0.25, 0.3) is 10.2 Å². The lowest BCUT2D eigenvalue weighted by atomic mass is 10.1. The Morgan fingerprint density at radius 3 is 2.43 bits per heavy atom.